The Bertz CT molecular complexity index is 527. The lowest BCUT2D eigenvalue weighted by atomic mass is 10.1. The van der Waals surface area contributed by atoms with Crippen LogP contribution in [0.3, 0.4) is 0 Å². The van der Waals surface area contributed by atoms with Crippen LogP contribution in [0.1, 0.15) is 29.8 Å². The molecular weight excluding hydrogens is 285 g/mol. The molecule has 0 spiro atoms. The quantitative estimate of drug-likeness (QED) is 0.850. The Balaban J connectivity index is 2.98. The van der Waals surface area contributed by atoms with Crippen molar-refractivity contribution < 1.29 is 22.8 Å². The summed E-state index contributed by atoms with van der Waals surface area (Å²) < 4.78 is 38.6. The molecule has 0 aromatic heterocycles. The molecule has 0 bridgehead atoms. The molecule has 1 rings (SSSR count). The summed E-state index contributed by atoms with van der Waals surface area (Å²) in [4.78, 5) is 23.7. The van der Waals surface area contributed by atoms with Crippen molar-refractivity contribution in [3.8, 4) is 0 Å². The van der Waals surface area contributed by atoms with Gasteiger partial charge in [0.05, 0.1) is 12.1 Å². The van der Waals surface area contributed by atoms with Crippen molar-refractivity contribution in [2.24, 2.45) is 0 Å². The van der Waals surface area contributed by atoms with Gasteiger partial charge in [-0.05, 0) is 32.0 Å². The Hall–Kier alpha value is -2.05. The van der Waals surface area contributed by atoms with E-state index in [1.165, 1.54) is 18.0 Å². The average molecular weight is 302 g/mol. The minimum Gasteiger partial charge on any atom is -0.365 e. The highest BCUT2D eigenvalue weighted by atomic mass is 19.4. The molecule has 0 saturated heterocycles. The average Bonchev–Trinajstić information content (AvgIpc) is 2.35. The van der Waals surface area contributed by atoms with Gasteiger partial charge in [-0.2, -0.15) is 13.2 Å². The molecule has 0 atom stereocenters. The fraction of sp³-hybridized carbons (Fsp3) is 0.429. The van der Waals surface area contributed by atoms with Gasteiger partial charge in [-0.15, -0.1) is 0 Å². The molecule has 21 heavy (non-hydrogen) atoms. The van der Waals surface area contributed by atoms with E-state index in [9.17, 15) is 22.8 Å². The van der Waals surface area contributed by atoms with Gasteiger partial charge in [0.2, 0.25) is 5.91 Å². The molecule has 1 aromatic carbocycles. The second kappa shape index (κ2) is 6.60. The van der Waals surface area contributed by atoms with Crippen LogP contribution < -0.4 is 10.2 Å². The largest absolute Gasteiger partial charge is 0.417 e. The highest BCUT2D eigenvalue weighted by Crippen LogP contribution is 2.33. The highest BCUT2D eigenvalue weighted by Gasteiger charge is 2.33. The van der Waals surface area contributed by atoms with Gasteiger partial charge in [-0.25, -0.2) is 0 Å². The Morgan fingerprint density at radius 3 is 2.48 bits per heavy atom. The lowest BCUT2D eigenvalue weighted by Crippen LogP contribution is -2.38. The van der Waals surface area contributed by atoms with Crippen molar-refractivity contribution in [3.05, 3.63) is 29.3 Å². The zero-order valence-electron chi connectivity index (χ0n) is 12.0. The first-order valence-corrected chi connectivity index (χ1v) is 6.32. The topological polar surface area (TPSA) is 49.4 Å². The standard InChI is InChI=1S/C14H17F3N2O2/c1-9(2)18-13(21)7-19(3)11-5-4-10(8-20)12(6-11)14(15,16)17/h4-6,8-9H,7H2,1-3H3,(H,18,21). The number of carbonyl (C=O) groups is 2. The Morgan fingerprint density at radius 2 is 2.00 bits per heavy atom. The molecule has 4 nitrogen and oxygen atoms in total. The zero-order valence-corrected chi connectivity index (χ0v) is 12.0. The van der Waals surface area contributed by atoms with E-state index in [2.05, 4.69) is 5.32 Å². The number of benzene rings is 1. The molecule has 0 aliphatic heterocycles. The summed E-state index contributed by atoms with van der Waals surface area (Å²) in [6.07, 6.45) is -4.45. The van der Waals surface area contributed by atoms with Crippen molar-refractivity contribution in [2.75, 3.05) is 18.5 Å². The van der Waals surface area contributed by atoms with E-state index < -0.39 is 17.3 Å². The number of likely N-dealkylation sites (N-methyl/N-ethyl adjacent to an activating group) is 1. The minimum absolute atomic E-state index is 0.0472. The summed E-state index contributed by atoms with van der Waals surface area (Å²) in [5.74, 6) is -0.291. The van der Waals surface area contributed by atoms with Crippen molar-refractivity contribution in [3.63, 3.8) is 0 Å². The first-order chi connectivity index (χ1) is 9.65. The van der Waals surface area contributed by atoms with Crippen LogP contribution in [0.25, 0.3) is 0 Å². The number of rotatable bonds is 5. The number of alkyl halides is 3. The summed E-state index contributed by atoms with van der Waals surface area (Å²) >= 11 is 0. The van der Waals surface area contributed by atoms with Crippen LogP contribution in [0, 0.1) is 0 Å². The third-order valence-electron chi connectivity index (χ3n) is 2.74. The number of amides is 1. The fourth-order valence-electron chi connectivity index (χ4n) is 1.80. The number of aldehydes is 1. The van der Waals surface area contributed by atoms with Crippen LogP contribution in [0.5, 0.6) is 0 Å². The molecule has 0 heterocycles. The molecule has 0 saturated carbocycles. The van der Waals surface area contributed by atoms with Crippen molar-refractivity contribution in [1.29, 1.82) is 0 Å². The molecule has 7 heteroatoms. The highest BCUT2D eigenvalue weighted by molar-refractivity contribution is 5.82. The smallest absolute Gasteiger partial charge is 0.365 e. The lowest BCUT2D eigenvalue weighted by molar-refractivity contribution is -0.137. The summed E-state index contributed by atoms with van der Waals surface area (Å²) in [7, 11) is 1.51. The van der Waals surface area contributed by atoms with Gasteiger partial charge >= 0.3 is 6.18 Å². The van der Waals surface area contributed by atoms with Gasteiger partial charge in [-0.1, -0.05) is 0 Å². The van der Waals surface area contributed by atoms with E-state index in [4.69, 9.17) is 0 Å². The van der Waals surface area contributed by atoms with Crippen LogP contribution in [-0.2, 0) is 11.0 Å². The molecule has 0 radical (unpaired) electrons. The normalized spacial score (nSPS) is 11.4. The molecule has 0 aliphatic carbocycles. The van der Waals surface area contributed by atoms with Crippen molar-refractivity contribution in [2.45, 2.75) is 26.1 Å². The number of anilines is 1. The maximum absolute atomic E-state index is 12.9. The molecular formula is C14H17F3N2O2. The van der Waals surface area contributed by atoms with Crippen LogP contribution in [-0.4, -0.2) is 31.8 Å². The van der Waals surface area contributed by atoms with Gasteiger partial charge in [0, 0.05) is 24.3 Å². The predicted molar refractivity (Wildman–Crippen MR) is 73.4 cm³/mol. The number of nitrogens with zero attached hydrogens (tertiary/aromatic N) is 1. The van der Waals surface area contributed by atoms with E-state index in [0.717, 1.165) is 12.1 Å². The van der Waals surface area contributed by atoms with Gasteiger partial charge in [0.25, 0.3) is 0 Å². The lowest BCUT2D eigenvalue weighted by Gasteiger charge is -2.21. The molecule has 116 valence electrons. The van der Waals surface area contributed by atoms with Crippen LogP contribution in [0.2, 0.25) is 0 Å². The van der Waals surface area contributed by atoms with E-state index in [-0.39, 0.29) is 30.5 Å². The number of hydrogen-bond acceptors (Lipinski definition) is 3. The van der Waals surface area contributed by atoms with Gasteiger partial charge in [0.15, 0.2) is 6.29 Å². The van der Waals surface area contributed by atoms with Gasteiger partial charge in [-0.3, -0.25) is 9.59 Å². The van der Waals surface area contributed by atoms with Crippen molar-refractivity contribution >= 4 is 17.9 Å². The van der Waals surface area contributed by atoms with E-state index in [1.54, 1.807) is 13.8 Å². The van der Waals surface area contributed by atoms with E-state index in [0.29, 0.717) is 0 Å². The summed E-state index contributed by atoms with van der Waals surface area (Å²) in [5.41, 5.74) is -1.22. The fourth-order valence-corrected chi connectivity index (χ4v) is 1.80. The van der Waals surface area contributed by atoms with Crippen LogP contribution in [0.15, 0.2) is 18.2 Å². The summed E-state index contributed by atoms with van der Waals surface area (Å²) in [6.45, 7) is 3.51. The molecule has 0 fully saturated rings. The van der Waals surface area contributed by atoms with E-state index >= 15 is 0 Å². The monoisotopic (exact) mass is 302 g/mol. The molecule has 1 amide bonds. The Kier molecular flexibility index (Phi) is 5.34. The Morgan fingerprint density at radius 1 is 1.38 bits per heavy atom. The second-order valence-corrected chi connectivity index (χ2v) is 4.97. The summed E-state index contributed by atoms with van der Waals surface area (Å²) in [6, 6.07) is 3.30. The first-order valence-electron chi connectivity index (χ1n) is 6.32. The van der Waals surface area contributed by atoms with Gasteiger partial charge in [0.1, 0.15) is 0 Å². The number of hydrogen-bond donors (Lipinski definition) is 1. The number of nitrogens with one attached hydrogen (secondary N) is 1. The zero-order chi connectivity index (χ0) is 16.2. The third-order valence-corrected chi connectivity index (χ3v) is 2.74. The van der Waals surface area contributed by atoms with Gasteiger partial charge < -0.3 is 10.2 Å². The molecule has 0 aliphatic rings. The first kappa shape index (κ1) is 17.0. The molecule has 0 unspecified atom stereocenters. The number of carbonyl (C=O) groups excluding carboxylic acids is 2. The summed E-state index contributed by atoms with van der Waals surface area (Å²) in [5, 5.41) is 2.65. The van der Waals surface area contributed by atoms with Crippen LogP contribution in [0.4, 0.5) is 18.9 Å². The maximum Gasteiger partial charge on any atom is 0.417 e. The number of halogens is 3. The van der Waals surface area contributed by atoms with Crippen LogP contribution >= 0.6 is 0 Å². The third kappa shape index (κ3) is 4.77. The SMILES string of the molecule is CC(C)NC(=O)CN(C)c1ccc(C=O)c(C(F)(F)F)c1. The van der Waals surface area contributed by atoms with E-state index in [1.807, 2.05) is 0 Å². The minimum atomic E-state index is -4.62. The Labute approximate surface area is 120 Å². The molecule has 1 N–H and O–H groups in total. The maximum atomic E-state index is 12.9. The predicted octanol–water partition coefficient (Wildman–Crippen LogP) is 2.48. The van der Waals surface area contributed by atoms with Crippen molar-refractivity contribution in [1.82, 2.24) is 5.32 Å². The molecule has 1 aromatic rings. The second-order valence-electron chi connectivity index (χ2n) is 4.97.